The van der Waals surface area contributed by atoms with E-state index in [1.165, 1.54) is 11.3 Å². The average Bonchev–Trinajstić information content (AvgIpc) is 3.27. The van der Waals surface area contributed by atoms with Gasteiger partial charge in [-0.3, -0.25) is 10.1 Å². The molecule has 190 valence electrons. The number of fused-ring (bicyclic) bond motifs is 1. The number of nitrogens with zero attached hydrogens (tertiary/aromatic N) is 5. The van der Waals surface area contributed by atoms with Gasteiger partial charge in [0.1, 0.15) is 6.61 Å². The van der Waals surface area contributed by atoms with Gasteiger partial charge in [-0.15, -0.1) is 0 Å². The number of carbonyl (C=O) groups is 2. The summed E-state index contributed by atoms with van der Waals surface area (Å²) in [7, 11) is 0. The molecule has 0 aliphatic carbocycles. The second-order valence-corrected chi connectivity index (χ2v) is 9.69. The first-order valence-corrected chi connectivity index (χ1v) is 12.6. The van der Waals surface area contributed by atoms with Gasteiger partial charge in [-0.1, -0.05) is 16.5 Å². The quantitative estimate of drug-likeness (QED) is 0.305. The predicted molar refractivity (Wildman–Crippen MR) is 140 cm³/mol. The minimum atomic E-state index is -0.760. The minimum absolute atomic E-state index is 0.313. The van der Waals surface area contributed by atoms with Crippen molar-refractivity contribution in [3.63, 3.8) is 0 Å². The summed E-state index contributed by atoms with van der Waals surface area (Å²) < 4.78 is 0.862. The highest BCUT2D eigenvalue weighted by molar-refractivity contribution is 7.22. The number of hydrogen-bond donors (Lipinski definition) is 3. The number of piperidine rings is 1. The van der Waals surface area contributed by atoms with Gasteiger partial charge in [-0.2, -0.15) is 0 Å². The molecular formula is C24H29N7O4S. The molecule has 1 saturated heterocycles. The molecule has 11 nitrogen and oxygen atoms in total. The van der Waals surface area contributed by atoms with Crippen molar-refractivity contribution < 1.29 is 19.5 Å². The highest BCUT2D eigenvalue weighted by atomic mass is 32.1. The molecule has 4 rings (SSSR count). The summed E-state index contributed by atoms with van der Waals surface area (Å²) in [5.41, 5.74) is 2.44. The van der Waals surface area contributed by atoms with E-state index in [0.29, 0.717) is 55.7 Å². The molecule has 0 radical (unpaired) electrons. The SMILES string of the molecule is CCNC(=O)Nc1nc2cc(-c3cnc(N4CCC(C)(C(=O)O)CC4)nc3)cc(/C=N/OCC)c2s1. The van der Waals surface area contributed by atoms with E-state index in [-0.39, 0.29) is 6.03 Å². The number of urea groups is 1. The van der Waals surface area contributed by atoms with Crippen LogP contribution in [0.2, 0.25) is 0 Å². The van der Waals surface area contributed by atoms with Crippen molar-refractivity contribution in [2.24, 2.45) is 10.6 Å². The maximum atomic E-state index is 12.0. The second-order valence-electron chi connectivity index (χ2n) is 8.69. The van der Waals surface area contributed by atoms with Crippen LogP contribution in [-0.2, 0) is 9.63 Å². The van der Waals surface area contributed by atoms with Gasteiger partial charge in [0.05, 0.1) is 21.8 Å². The van der Waals surface area contributed by atoms with E-state index in [4.69, 9.17) is 4.84 Å². The van der Waals surface area contributed by atoms with Gasteiger partial charge in [0.2, 0.25) is 5.95 Å². The summed E-state index contributed by atoms with van der Waals surface area (Å²) in [6.45, 7) is 7.63. The molecule has 1 aliphatic rings. The van der Waals surface area contributed by atoms with Crippen LogP contribution in [0.5, 0.6) is 0 Å². The lowest BCUT2D eigenvalue weighted by Gasteiger charge is -2.36. The zero-order valence-corrected chi connectivity index (χ0v) is 21.3. The normalized spacial score (nSPS) is 15.2. The van der Waals surface area contributed by atoms with E-state index in [2.05, 4.69) is 30.7 Å². The first-order chi connectivity index (χ1) is 17.3. The predicted octanol–water partition coefficient (Wildman–Crippen LogP) is 3.96. The number of rotatable bonds is 8. The molecule has 0 unspecified atom stereocenters. The maximum absolute atomic E-state index is 12.0. The Bertz CT molecular complexity index is 1270. The summed E-state index contributed by atoms with van der Waals surface area (Å²) >= 11 is 1.35. The van der Waals surface area contributed by atoms with Crippen molar-refractivity contribution in [3.8, 4) is 11.1 Å². The fourth-order valence-electron chi connectivity index (χ4n) is 3.89. The lowest BCUT2D eigenvalue weighted by Crippen LogP contribution is -2.43. The third-order valence-electron chi connectivity index (χ3n) is 6.11. The summed E-state index contributed by atoms with van der Waals surface area (Å²) in [6, 6.07) is 3.56. The van der Waals surface area contributed by atoms with E-state index in [1.54, 1.807) is 25.5 Å². The van der Waals surface area contributed by atoms with Crippen LogP contribution in [0.15, 0.2) is 29.7 Å². The van der Waals surface area contributed by atoms with Crippen molar-refractivity contribution >= 4 is 50.8 Å². The number of nitrogens with one attached hydrogen (secondary N) is 2. The lowest BCUT2D eigenvalue weighted by molar-refractivity contribution is -0.149. The molecule has 3 aromatic rings. The van der Waals surface area contributed by atoms with E-state index in [0.717, 1.165) is 21.4 Å². The van der Waals surface area contributed by atoms with E-state index in [1.807, 2.05) is 30.9 Å². The second kappa shape index (κ2) is 10.9. The fraction of sp³-hybridized carbons (Fsp3) is 0.417. The van der Waals surface area contributed by atoms with Crippen LogP contribution < -0.4 is 15.5 Å². The topological polar surface area (TPSA) is 142 Å². The molecule has 3 N–H and O–H groups in total. The Morgan fingerprint density at radius 2 is 1.94 bits per heavy atom. The molecule has 0 bridgehead atoms. The van der Waals surface area contributed by atoms with E-state index >= 15 is 0 Å². The van der Waals surface area contributed by atoms with Gasteiger partial charge in [0.25, 0.3) is 0 Å². The number of thiazole rings is 1. The van der Waals surface area contributed by atoms with Crippen LogP contribution in [0.4, 0.5) is 15.9 Å². The fourth-order valence-corrected chi connectivity index (χ4v) is 4.81. The van der Waals surface area contributed by atoms with Gasteiger partial charge in [0, 0.05) is 43.2 Å². The van der Waals surface area contributed by atoms with Crippen molar-refractivity contribution in [3.05, 3.63) is 30.1 Å². The molecule has 0 spiro atoms. The lowest BCUT2D eigenvalue weighted by atomic mass is 9.80. The molecule has 36 heavy (non-hydrogen) atoms. The number of aromatic nitrogens is 3. The monoisotopic (exact) mass is 511 g/mol. The van der Waals surface area contributed by atoms with Gasteiger partial charge in [-0.25, -0.2) is 19.7 Å². The number of oxime groups is 1. The largest absolute Gasteiger partial charge is 0.481 e. The Balaban J connectivity index is 1.60. The van der Waals surface area contributed by atoms with Gasteiger partial charge in [0.15, 0.2) is 5.13 Å². The number of hydrogen-bond acceptors (Lipinski definition) is 9. The molecule has 12 heteroatoms. The standard InChI is InChI=1S/C24H29N7O4S/c1-4-25-22(34)30-23-29-18-11-15(10-16(19(18)36-23)14-28-35-5-2)17-12-26-21(27-13-17)31-8-6-24(3,7-9-31)20(32)33/h10-14H,4-9H2,1-3H3,(H,32,33)(H2,25,29,30,34)/b28-14+. The van der Waals surface area contributed by atoms with Crippen LogP contribution >= 0.6 is 11.3 Å². The van der Waals surface area contributed by atoms with Crippen molar-refractivity contribution in [1.82, 2.24) is 20.3 Å². The third-order valence-corrected chi connectivity index (χ3v) is 7.15. The summed E-state index contributed by atoms with van der Waals surface area (Å²) in [5, 5.41) is 19.4. The molecule has 1 fully saturated rings. The van der Waals surface area contributed by atoms with Gasteiger partial charge >= 0.3 is 12.0 Å². The summed E-state index contributed by atoms with van der Waals surface area (Å²) in [6.07, 6.45) is 6.22. The maximum Gasteiger partial charge on any atom is 0.321 e. The first-order valence-electron chi connectivity index (χ1n) is 11.8. The zero-order valence-electron chi connectivity index (χ0n) is 20.4. The van der Waals surface area contributed by atoms with Gasteiger partial charge in [-0.05, 0) is 51.3 Å². The number of anilines is 2. The molecule has 3 heterocycles. The van der Waals surface area contributed by atoms with Crippen LogP contribution in [0.25, 0.3) is 21.3 Å². The minimum Gasteiger partial charge on any atom is -0.481 e. The van der Waals surface area contributed by atoms with E-state index < -0.39 is 11.4 Å². The number of carbonyl (C=O) groups excluding carboxylic acids is 1. The van der Waals surface area contributed by atoms with Crippen LogP contribution in [-0.4, -0.2) is 64.5 Å². The molecule has 2 aromatic heterocycles. The van der Waals surface area contributed by atoms with Crippen molar-refractivity contribution in [1.29, 1.82) is 0 Å². The number of aliphatic carboxylic acids is 1. The molecule has 0 saturated carbocycles. The number of amides is 2. The Kier molecular flexibility index (Phi) is 7.63. The number of carboxylic acid groups (broad SMARTS) is 1. The van der Waals surface area contributed by atoms with E-state index in [9.17, 15) is 14.7 Å². The molecular weight excluding hydrogens is 482 g/mol. The van der Waals surface area contributed by atoms with Crippen LogP contribution in [0.3, 0.4) is 0 Å². The van der Waals surface area contributed by atoms with Crippen molar-refractivity contribution in [2.45, 2.75) is 33.6 Å². The average molecular weight is 512 g/mol. The van der Waals surface area contributed by atoms with Crippen molar-refractivity contribution in [2.75, 3.05) is 36.5 Å². The molecule has 2 amide bonds. The Labute approximate surface area is 212 Å². The number of carboxylic acids is 1. The number of benzene rings is 1. The Morgan fingerprint density at radius 3 is 2.58 bits per heavy atom. The molecule has 1 aromatic carbocycles. The Hall–Kier alpha value is -3.80. The van der Waals surface area contributed by atoms with Gasteiger partial charge < -0.3 is 20.2 Å². The zero-order chi connectivity index (χ0) is 25.7. The summed E-state index contributed by atoms with van der Waals surface area (Å²) in [4.78, 5) is 44.3. The highest BCUT2D eigenvalue weighted by Crippen LogP contribution is 2.34. The first kappa shape index (κ1) is 25.3. The highest BCUT2D eigenvalue weighted by Gasteiger charge is 2.37. The van der Waals surface area contributed by atoms with Crippen LogP contribution in [0, 0.1) is 5.41 Å². The third kappa shape index (κ3) is 5.54. The summed E-state index contributed by atoms with van der Waals surface area (Å²) in [5.74, 6) is -0.184. The Morgan fingerprint density at radius 1 is 1.22 bits per heavy atom. The molecule has 1 aliphatic heterocycles. The molecule has 0 atom stereocenters. The van der Waals surface area contributed by atoms with Crippen LogP contribution in [0.1, 0.15) is 39.2 Å². The smallest absolute Gasteiger partial charge is 0.321 e.